The second-order valence-electron chi connectivity index (χ2n) is 7.26. The van der Waals surface area contributed by atoms with E-state index >= 15 is 0 Å². The molecule has 1 heterocycles. The highest BCUT2D eigenvalue weighted by Crippen LogP contribution is 2.29. The van der Waals surface area contributed by atoms with E-state index in [9.17, 15) is 4.79 Å². The largest absolute Gasteiger partial charge is 0.349 e. The fourth-order valence-electron chi connectivity index (χ4n) is 4.18. The highest BCUT2D eigenvalue weighted by Gasteiger charge is 2.22. The van der Waals surface area contributed by atoms with Crippen LogP contribution in [0.4, 0.5) is 0 Å². The molecule has 2 aromatic rings. The number of fused-ring (bicyclic) bond motifs is 2. The third-order valence-corrected chi connectivity index (χ3v) is 5.57. The molecule has 0 radical (unpaired) electrons. The first-order valence-electron chi connectivity index (χ1n) is 9.46. The number of benzene rings is 2. The van der Waals surface area contributed by atoms with E-state index in [1.54, 1.807) is 0 Å². The Hall–Kier alpha value is -2.13. The molecule has 1 amide bonds. The predicted molar refractivity (Wildman–Crippen MR) is 100 cm³/mol. The molecule has 3 heteroatoms. The van der Waals surface area contributed by atoms with Gasteiger partial charge in [0.2, 0.25) is 5.91 Å². The molecular weight excluding hydrogens is 308 g/mol. The highest BCUT2D eigenvalue weighted by atomic mass is 16.1. The van der Waals surface area contributed by atoms with E-state index < -0.39 is 0 Å². The van der Waals surface area contributed by atoms with Gasteiger partial charge < -0.3 is 5.32 Å². The van der Waals surface area contributed by atoms with Gasteiger partial charge >= 0.3 is 0 Å². The van der Waals surface area contributed by atoms with Crippen molar-refractivity contribution < 1.29 is 4.79 Å². The average Bonchev–Trinajstić information content (AvgIpc) is 2.66. The highest BCUT2D eigenvalue weighted by molar-refractivity contribution is 5.76. The van der Waals surface area contributed by atoms with Crippen LogP contribution in [0.3, 0.4) is 0 Å². The maximum atomic E-state index is 12.5. The number of hydrogen-bond acceptors (Lipinski definition) is 2. The molecule has 2 aromatic carbocycles. The summed E-state index contributed by atoms with van der Waals surface area (Å²) in [5.41, 5.74) is 5.58. The van der Waals surface area contributed by atoms with Crippen LogP contribution in [-0.4, -0.2) is 23.9 Å². The topological polar surface area (TPSA) is 32.3 Å². The van der Waals surface area contributed by atoms with Gasteiger partial charge in [-0.15, -0.1) is 0 Å². The third-order valence-electron chi connectivity index (χ3n) is 5.57. The summed E-state index contributed by atoms with van der Waals surface area (Å²) in [7, 11) is 0. The van der Waals surface area contributed by atoms with Gasteiger partial charge in [-0.2, -0.15) is 0 Å². The van der Waals surface area contributed by atoms with Gasteiger partial charge in [0.1, 0.15) is 0 Å². The molecule has 2 aliphatic rings. The van der Waals surface area contributed by atoms with Crippen molar-refractivity contribution in [3.8, 4) is 0 Å². The Bertz CT molecular complexity index is 755. The molecule has 1 N–H and O–H groups in total. The molecule has 1 aliphatic carbocycles. The summed E-state index contributed by atoms with van der Waals surface area (Å²) in [4.78, 5) is 14.9. The molecule has 4 rings (SSSR count). The molecule has 130 valence electrons. The molecule has 0 saturated heterocycles. The Morgan fingerprint density at radius 3 is 2.64 bits per heavy atom. The van der Waals surface area contributed by atoms with Crippen molar-refractivity contribution >= 4 is 5.91 Å². The van der Waals surface area contributed by atoms with E-state index in [1.807, 2.05) is 0 Å². The van der Waals surface area contributed by atoms with E-state index in [-0.39, 0.29) is 11.9 Å². The summed E-state index contributed by atoms with van der Waals surface area (Å²) < 4.78 is 0. The predicted octanol–water partition coefficient (Wildman–Crippen LogP) is 3.63. The number of carbonyl (C=O) groups is 1. The van der Waals surface area contributed by atoms with Crippen LogP contribution >= 0.6 is 0 Å². The summed E-state index contributed by atoms with van der Waals surface area (Å²) >= 11 is 0. The van der Waals surface area contributed by atoms with E-state index in [0.717, 1.165) is 45.3 Å². The Labute approximate surface area is 150 Å². The SMILES string of the molecule is O=C(CCN1CCc2ccccc2C1)N[C@H]1CCCc2ccccc21. The summed E-state index contributed by atoms with van der Waals surface area (Å²) in [6.45, 7) is 2.86. The van der Waals surface area contributed by atoms with Crippen LogP contribution in [0.2, 0.25) is 0 Å². The van der Waals surface area contributed by atoms with Gasteiger partial charge in [-0.1, -0.05) is 48.5 Å². The first kappa shape index (κ1) is 16.3. The minimum Gasteiger partial charge on any atom is -0.349 e. The molecular formula is C22H26N2O. The van der Waals surface area contributed by atoms with Crippen LogP contribution in [0.5, 0.6) is 0 Å². The van der Waals surface area contributed by atoms with Crippen LogP contribution in [0.15, 0.2) is 48.5 Å². The minimum atomic E-state index is 0.181. The van der Waals surface area contributed by atoms with Crippen molar-refractivity contribution in [2.24, 2.45) is 0 Å². The molecule has 3 nitrogen and oxygen atoms in total. The van der Waals surface area contributed by atoms with Gasteiger partial charge in [0.15, 0.2) is 0 Å². The van der Waals surface area contributed by atoms with Crippen LogP contribution in [-0.2, 0) is 24.2 Å². The summed E-state index contributed by atoms with van der Waals surface area (Å²) in [5, 5.41) is 3.27. The molecule has 1 atom stereocenters. The number of nitrogens with one attached hydrogen (secondary N) is 1. The number of rotatable bonds is 4. The van der Waals surface area contributed by atoms with Crippen molar-refractivity contribution in [3.05, 3.63) is 70.8 Å². The van der Waals surface area contributed by atoms with Crippen molar-refractivity contribution in [1.82, 2.24) is 10.2 Å². The van der Waals surface area contributed by atoms with Gasteiger partial charge in [-0.05, 0) is 47.9 Å². The van der Waals surface area contributed by atoms with E-state index in [0.29, 0.717) is 6.42 Å². The van der Waals surface area contributed by atoms with Gasteiger partial charge in [-0.3, -0.25) is 9.69 Å². The monoisotopic (exact) mass is 334 g/mol. The number of amides is 1. The molecule has 0 bridgehead atoms. The fourth-order valence-corrected chi connectivity index (χ4v) is 4.18. The first-order valence-corrected chi connectivity index (χ1v) is 9.46. The molecule has 0 saturated carbocycles. The number of aryl methyl sites for hydroxylation is 1. The Balaban J connectivity index is 1.31. The fraction of sp³-hybridized carbons (Fsp3) is 0.409. The van der Waals surface area contributed by atoms with Crippen molar-refractivity contribution in [3.63, 3.8) is 0 Å². The second kappa shape index (κ2) is 7.40. The molecule has 0 unspecified atom stereocenters. The summed E-state index contributed by atoms with van der Waals surface area (Å²) in [5.74, 6) is 0.181. The lowest BCUT2D eigenvalue weighted by Crippen LogP contribution is -2.36. The van der Waals surface area contributed by atoms with Crippen molar-refractivity contribution in [2.45, 2.75) is 44.7 Å². The standard InChI is InChI=1S/C22H26N2O/c25-22(23-21-11-5-9-18-7-3-4-10-20(18)21)13-15-24-14-12-17-6-1-2-8-19(17)16-24/h1-4,6-8,10,21H,5,9,11-16H2,(H,23,25)/t21-/m0/s1. The zero-order valence-corrected chi connectivity index (χ0v) is 14.7. The lowest BCUT2D eigenvalue weighted by molar-refractivity contribution is -0.122. The van der Waals surface area contributed by atoms with E-state index in [4.69, 9.17) is 0 Å². The van der Waals surface area contributed by atoms with Gasteiger partial charge in [0, 0.05) is 26.1 Å². The molecule has 25 heavy (non-hydrogen) atoms. The number of hydrogen-bond donors (Lipinski definition) is 1. The zero-order valence-electron chi connectivity index (χ0n) is 14.7. The quantitative estimate of drug-likeness (QED) is 0.926. The lowest BCUT2D eigenvalue weighted by Gasteiger charge is -2.29. The van der Waals surface area contributed by atoms with Crippen molar-refractivity contribution in [2.75, 3.05) is 13.1 Å². The summed E-state index contributed by atoms with van der Waals surface area (Å²) in [6, 6.07) is 17.4. The van der Waals surface area contributed by atoms with Gasteiger partial charge in [-0.25, -0.2) is 0 Å². The van der Waals surface area contributed by atoms with Gasteiger partial charge in [0.25, 0.3) is 0 Å². The van der Waals surface area contributed by atoms with Gasteiger partial charge in [0.05, 0.1) is 6.04 Å². The molecule has 1 aliphatic heterocycles. The second-order valence-corrected chi connectivity index (χ2v) is 7.26. The smallest absolute Gasteiger partial charge is 0.221 e. The van der Waals surface area contributed by atoms with Crippen LogP contribution in [0, 0.1) is 0 Å². The average molecular weight is 334 g/mol. The van der Waals surface area contributed by atoms with Crippen LogP contribution in [0.1, 0.15) is 47.6 Å². The third kappa shape index (κ3) is 3.77. The Morgan fingerprint density at radius 1 is 1.00 bits per heavy atom. The maximum Gasteiger partial charge on any atom is 0.221 e. The minimum absolute atomic E-state index is 0.181. The molecule has 0 spiro atoms. The first-order chi connectivity index (χ1) is 12.3. The number of carbonyl (C=O) groups excluding carboxylic acids is 1. The van der Waals surface area contributed by atoms with Crippen molar-refractivity contribution in [1.29, 1.82) is 0 Å². The summed E-state index contributed by atoms with van der Waals surface area (Å²) in [6.07, 6.45) is 5.02. The van der Waals surface area contributed by atoms with Crippen LogP contribution in [0.25, 0.3) is 0 Å². The van der Waals surface area contributed by atoms with Crippen LogP contribution < -0.4 is 5.32 Å². The normalized spacial score (nSPS) is 19.8. The Kier molecular flexibility index (Phi) is 4.84. The molecule has 0 fully saturated rings. The molecule has 0 aromatic heterocycles. The van der Waals surface area contributed by atoms with E-state index in [2.05, 4.69) is 58.7 Å². The zero-order chi connectivity index (χ0) is 17.1. The van der Waals surface area contributed by atoms with E-state index in [1.165, 1.54) is 22.3 Å². The Morgan fingerprint density at radius 2 is 1.76 bits per heavy atom. The lowest BCUT2D eigenvalue weighted by atomic mass is 9.87. The maximum absolute atomic E-state index is 12.5. The number of nitrogens with zero attached hydrogens (tertiary/aromatic N) is 1.